The van der Waals surface area contributed by atoms with Crippen molar-refractivity contribution in [1.29, 1.82) is 0 Å². The van der Waals surface area contributed by atoms with Gasteiger partial charge in [-0.3, -0.25) is 0 Å². The standard InChI is InChI=1S/C23H25NO2/c1-2-3-13-26-22-15-20(24-23-19(22)9-6-10-21(23)25)18-12-11-16-7-4-5-8-17(16)14-18/h4-12,14,20,22,24-25H,2-3,13,15H2,1H3/t20-,22-/m1/s1. The highest BCUT2D eigenvalue weighted by atomic mass is 16.5. The molecule has 0 saturated heterocycles. The van der Waals surface area contributed by atoms with Crippen LogP contribution in [0, 0.1) is 0 Å². The molecule has 4 rings (SSSR count). The summed E-state index contributed by atoms with van der Waals surface area (Å²) in [7, 11) is 0. The maximum Gasteiger partial charge on any atom is 0.139 e. The predicted molar refractivity (Wildman–Crippen MR) is 107 cm³/mol. The molecule has 0 fully saturated rings. The van der Waals surface area contributed by atoms with Crippen LogP contribution in [-0.2, 0) is 4.74 Å². The SMILES string of the molecule is CCCCO[C@@H]1C[C@H](c2ccc3ccccc3c2)Nc2c(O)cccc21. The van der Waals surface area contributed by atoms with Crippen molar-refractivity contribution >= 4 is 16.5 Å². The summed E-state index contributed by atoms with van der Waals surface area (Å²) in [6.45, 7) is 2.92. The lowest BCUT2D eigenvalue weighted by Crippen LogP contribution is -2.23. The molecule has 0 spiro atoms. The molecule has 2 atom stereocenters. The highest BCUT2D eigenvalue weighted by Gasteiger charge is 2.29. The van der Waals surface area contributed by atoms with Crippen molar-refractivity contribution in [2.45, 2.75) is 38.3 Å². The average molecular weight is 347 g/mol. The van der Waals surface area contributed by atoms with Gasteiger partial charge in [0.1, 0.15) is 5.75 Å². The second-order valence-electron chi connectivity index (χ2n) is 6.99. The Labute approximate surface area is 154 Å². The van der Waals surface area contributed by atoms with Crippen LogP contribution in [0.1, 0.15) is 49.5 Å². The van der Waals surface area contributed by atoms with Crippen molar-refractivity contribution in [3.05, 3.63) is 71.8 Å². The van der Waals surface area contributed by atoms with Gasteiger partial charge < -0.3 is 15.2 Å². The topological polar surface area (TPSA) is 41.5 Å². The third-order valence-corrected chi connectivity index (χ3v) is 5.18. The van der Waals surface area contributed by atoms with E-state index in [4.69, 9.17) is 4.74 Å². The molecular weight excluding hydrogens is 322 g/mol. The van der Waals surface area contributed by atoms with Crippen LogP contribution in [0.15, 0.2) is 60.7 Å². The fraction of sp³-hybridized carbons (Fsp3) is 0.304. The van der Waals surface area contributed by atoms with Crippen LogP contribution in [0.3, 0.4) is 0 Å². The highest BCUT2D eigenvalue weighted by molar-refractivity contribution is 5.83. The van der Waals surface area contributed by atoms with E-state index < -0.39 is 0 Å². The Morgan fingerprint density at radius 3 is 2.73 bits per heavy atom. The Hall–Kier alpha value is -2.52. The molecule has 134 valence electrons. The van der Waals surface area contributed by atoms with Gasteiger partial charge >= 0.3 is 0 Å². The van der Waals surface area contributed by atoms with Crippen LogP contribution in [0.5, 0.6) is 5.75 Å². The van der Waals surface area contributed by atoms with Crippen molar-refractivity contribution in [1.82, 2.24) is 0 Å². The van der Waals surface area contributed by atoms with Gasteiger partial charge in [-0.25, -0.2) is 0 Å². The predicted octanol–water partition coefficient (Wildman–Crippen LogP) is 5.96. The van der Waals surface area contributed by atoms with E-state index >= 15 is 0 Å². The largest absolute Gasteiger partial charge is 0.506 e. The Kier molecular flexibility index (Phi) is 4.81. The zero-order valence-corrected chi connectivity index (χ0v) is 15.1. The minimum absolute atomic E-state index is 0.00127. The van der Waals surface area contributed by atoms with Crippen LogP contribution < -0.4 is 5.32 Å². The molecule has 3 aromatic carbocycles. The van der Waals surface area contributed by atoms with E-state index in [9.17, 15) is 5.11 Å². The second-order valence-corrected chi connectivity index (χ2v) is 6.99. The molecule has 3 aromatic rings. The number of para-hydroxylation sites is 1. The molecule has 0 amide bonds. The summed E-state index contributed by atoms with van der Waals surface area (Å²) < 4.78 is 6.19. The van der Waals surface area contributed by atoms with E-state index in [1.54, 1.807) is 6.07 Å². The quantitative estimate of drug-likeness (QED) is 0.442. The number of hydrogen-bond donors (Lipinski definition) is 2. The number of unbranched alkanes of at least 4 members (excludes halogenated alkanes) is 1. The number of anilines is 1. The van der Waals surface area contributed by atoms with E-state index in [2.05, 4.69) is 60.8 Å². The van der Waals surface area contributed by atoms with Crippen molar-refractivity contribution in [2.24, 2.45) is 0 Å². The van der Waals surface area contributed by atoms with Crippen LogP contribution >= 0.6 is 0 Å². The maximum absolute atomic E-state index is 10.4. The van der Waals surface area contributed by atoms with Gasteiger partial charge in [-0.05, 0) is 34.9 Å². The summed E-state index contributed by atoms with van der Waals surface area (Å²) >= 11 is 0. The van der Waals surface area contributed by atoms with Gasteiger partial charge in [0.2, 0.25) is 0 Å². The van der Waals surface area contributed by atoms with Gasteiger partial charge in [-0.2, -0.15) is 0 Å². The van der Waals surface area contributed by atoms with Gasteiger partial charge in [0.05, 0.1) is 17.8 Å². The number of aromatic hydroxyl groups is 1. The molecule has 0 unspecified atom stereocenters. The summed E-state index contributed by atoms with van der Waals surface area (Å²) in [6, 6.07) is 20.8. The number of ether oxygens (including phenoxy) is 1. The summed E-state index contributed by atoms with van der Waals surface area (Å²) in [5.41, 5.74) is 3.08. The van der Waals surface area contributed by atoms with Crippen molar-refractivity contribution in [3.63, 3.8) is 0 Å². The molecule has 1 aliphatic heterocycles. The lowest BCUT2D eigenvalue weighted by Gasteiger charge is -2.34. The first kappa shape index (κ1) is 16.9. The number of hydrogen-bond acceptors (Lipinski definition) is 3. The van der Waals surface area contributed by atoms with Gasteiger partial charge in [0.15, 0.2) is 0 Å². The van der Waals surface area contributed by atoms with Crippen molar-refractivity contribution < 1.29 is 9.84 Å². The number of fused-ring (bicyclic) bond motifs is 2. The third kappa shape index (κ3) is 3.27. The number of rotatable bonds is 5. The van der Waals surface area contributed by atoms with E-state index in [1.807, 2.05) is 6.07 Å². The number of nitrogens with one attached hydrogen (secondary N) is 1. The molecule has 0 bridgehead atoms. The van der Waals surface area contributed by atoms with Crippen LogP contribution in [0.25, 0.3) is 10.8 Å². The lowest BCUT2D eigenvalue weighted by molar-refractivity contribution is 0.0387. The fourth-order valence-corrected chi connectivity index (χ4v) is 3.73. The normalized spacial score (nSPS) is 19.1. The van der Waals surface area contributed by atoms with E-state index in [1.165, 1.54) is 16.3 Å². The number of benzene rings is 3. The molecule has 0 aromatic heterocycles. The van der Waals surface area contributed by atoms with Crippen LogP contribution in [0.4, 0.5) is 5.69 Å². The average Bonchev–Trinajstić information content (AvgIpc) is 2.68. The lowest BCUT2D eigenvalue weighted by atomic mass is 9.90. The molecular formula is C23H25NO2. The highest BCUT2D eigenvalue weighted by Crippen LogP contribution is 2.44. The van der Waals surface area contributed by atoms with Gasteiger partial charge in [0.25, 0.3) is 0 Å². The first-order valence-corrected chi connectivity index (χ1v) is 9.45. The molecule has 1 heterocycles. The molecule has 3 nitrogen and oxygen atoms in total. The van der Waals surface area contributed by atoms with Crippen molar-refractivity contribution in [2.75, 3.05) is 11.9 Å². The summed E-state index contributed by atoms with van der Waals surface area (Å²) in [4.78, 5) is 0. The van der Waals surface area contributed by atoms with Gasteiger partial charge in [0, 0.05) is 18.6 Å². The van der Waals surface area contributed by atoms with E-state index in [-0.39, 0.29) is 17.9 Å². The summed E-state index contributed by atoms with van der Waals surface area (Å²) in [5, 5.41) is 16.4. The molecule has 3 heteroatoms. The van der Waals surface area contributed by atoms with Crippen LogP contribution in [0.2, 0.25) is 0 Å². The minimum Gasteiger partial charge on any atom is -0.506 e. The molecule has 0 saturated carbocycles. The maximum atomic E-state index is 10.4. The molecule has 0 radical (unpaired) electrons. The van der Waals surface area contributed by atoms with Crippen LogP contribution in [-0.4, -0.2) is 11.7 Å². The zero-order chi connectivity index (χ0) is 17.9. The molecule has 1 aliphatic rings. The second kappa shape index (κ2) is 7.38. The smallest absolute Gasteiger partial charge is 0.139 e. The Bertz CT molecular complexity index is 906. The third-order valence-electron chi connectivity index (χ3n) is 5.18. The fourth-order valence-electron chi connectivity index (χ4n) is 3.73. The zero-order valence-electron chi connectivity index (χ0n) is 15.1. The van der Waals surface area contributed by atoms with E-state index in [0.29, 0.717) is 0 Å². The molecule has 26 heavy (non-hydrogen) atoms. The van der Waals surface area contributed by atoms with Gasteiger partial charge in [-0.15, -0.1) is 0 Å². The minimum atomic E-state index is 0.00127. The van der Waals surface area contributed by atoms with E-state index in [0.717, 1.165) is 37.1 Å². The monoisotopic (exact) mass is 347 g/mol. The Morgan fingerprint density at radius 1 is 1.04 bits per heavy atom. The first-order valence-electron chi connectivity index (χ1n) is 9.45. The molecule has 0 aliphatic carbocycles. The van der Waals surface area contributed by atoms with Crippen molar-refractivity contribution in [3.8, 4) is 5.75 Å². The Balaban J connectivity index is 1.67. The number of phenolic OH excluding ortho intramolecular Hbond substituents is 1. The molecule has 2 N–H and O–H groups in total. The first-order chi connectivity index (χ1) is 12.8. The number of phenols is 1. The van der Waals surface area contributed by atoms with Gasteiger partial charge in [-0.1, -0.05) is 61.9 Å². The summed E-state index contributed by atoms with van der Waals surface area (Å²) in [5.74, 6) is 0.289. The summed E-state index contributed by atoms with van der Waals surface area (Å²) in [6.07, 6.45) is 3.03. The Morgan fingerprint density at radius 2 is 1.88 bits per heavy atom.